The number of carbonyl (C=O) groups is 2. The zero-order valence-corrected chi connectivity index (χ0v) is 34.3. The van der Waals surface area contributed by atoms with Crippen LogP contribution in [0.2, 0.25) is 0 Å². The second kappa shape index (κ2) is 23.2. The molecule has 0 aliphatic carbocycles. The van der Waals surface area contributed by atoms with Gasteiger partial charge in [0.2, 0.25) is 0 Å². The first-order valence-electron chi connectivity index (χ1n) is 18.4. The highest BCUT2D eigenvalue weighted by Crippen LogP contribution is 2.64. The average molecular weight is 853 g/mol. The Hall–Kier alpha value is -4.45. The van der Waals surface area contributed by atoms with E-state index in [4.69, 9.17) is 37.6 Å². The molecule has 0 spiro atoms. The van der Waals surface area contributed by atoms with E-state index in [0.717, 1.165) is 30.3 Å². The van der Waals surface area contributed by atoms with Gasteiger partial charge in [0.1, 0.15) is 17.7 Å². The first kappa shape index (κ1) is 47.9. The van der Waals surface area contributed by atoms with E-state index in [9.17, 15) is 33.2 Å². The smallest absolute Gasteiger partial charge is 0.427 e. The number of aromatic nitrogens is 2. The number of benzene rings is 2. The van der Waals surface area contributed by atoms with Gasteiger partial charge < -0.3 is 25.3 Å². The molecule has 1 aliphatic rings. The Bertz CT molecular complexity index is 2070. The number of rotatable bonds is 23. The van der Waals surface area contributed by atoms with Crippen molar-refractivity contribution in [1.29, 1.82) is 0 Å². The number of azide groups is 1. The molecule has 2 aromatic carbocycles. The summed E-state index contributed by atoms with van der Waals surface area (Å²) in [5.41, 5.74) is 8.72. The maximum absolute atomic E-state index is 13.9. The van der Waals surface area contributed by atoms with Crippen molar-refractivity contribution in [2.75, 3.05) is 6.61 Å². The quantitative estimate of drug-likeness (QED) is 0.0157. The van der Waals surface area contributed by atoms with Gasteiger partial charge in [0.15, 0.2) is 0 Å². The second-order valence-electron chi connectivity index (χ2n) is 13.2. The van der Waals surface area contributed by atoms with Gasteiger partial charge in [0.25, 0.3) is 5.56 Å². The van der Waals surface area contributed by atoms with Gasteiger partial charge >= 0.3 is 33.3 Å². The SMILES string of the molecule is CCCCCCCCCC(=O)Oc1ccc(COP(=O)(OCc2ccc(OC(C)=O)cc2)OP(=O)(O)OC[C@H]2O[C@@H](n3cc(C)c(=O)[nH]c3=O)C[C@@H]2N=[N+]=[N-])cc1.N. The van der Waals surface area contributed by atoms with Crippen LogP contribution in [0.5, 0.6) is 11.5 Å². The lowest BCUT2D eigenvalue weighted by Crippen LogP contribution is -2.33. The minimum atomic E-state index is -5.30. The van der Waals surface area contributed by atoms with Crippen molar-refractivity contribution in [3.05, 3.63) is 103 Å². The molecule has 1 saturated heterocycles. The van der Waals surface area contributed by atoms with E-state index in [1.54, 1.807) is 0 Å². The maximum Gasteiger partial charge on any atom is 0.484 e. The number of hydrogen-bond donors (Lipinski definition) is 3. The lowest BCUT2D eigenvalue weighted by atomic mass is 10.1. The number of phosphoric acid groups is 2. The van der Waals surface area contributed by atoms with Crippen molar-refractivity contribution in [2.45, 2.75) is 110 Å². The Labute approximate surface area is 334 Å². The van der Waals surface area contributed by atoms with Crippen LogP contribution in [0, 0.1) is 6.92 Å². The molecule has 5 N–H and O–H groups in total. The molecule has 0 bridgehead atoms. The number of ether oxygens (including phenoxy) is 3. The summed E-state index contributed by atoms with van der Waals surface area (Å²) in [6.07, 6.45) is 6.69. The van der Waals surface area contributed by atoms with Crippen molar-refractivity contribution in [3.8, 4) is 11.5 Å². The fourth-order valence-corrected chi connectivity index (χ4v) is 8.22. The summed E-state index contributed by atoms with van der Waals surface area (Å²) in [6.45, 7) is 3.23. The zero-order valence-electron chi connectivity index (χ0n) is 32.6. The minimum absolute atomic E-state index is 0. The summed E-state index contributed by atoms with van der Waals surface area (Å²) < 4.78 is 65.5. The van der Waals surface area contributed by atoms with E-state index < -0.39 is 71.1 Å². The number of unbranched alkanes of at least 4 members (excludes halogenated alkanes) is 6. The van der Waals surface area contributed by atoms with Crippen molar-refractivity contribution in [2.24, 2.45) is 5.11 Å². The largest absolute Gasteiger partial charge is 0.484 e. The van der Waals surface area contributed by atoms with E-state index in [1.807, 2.05) is 0 Å². The van der Waals surface area contributed by atoms with E-state index in [0.29, 0.717) is 11.1 Å². The molecule has 58 heavy (non-hydrogen) atoms. The number of carbonyl (C=O) groups excluding carboxylic acids is 2. The monoisotopic (exact) mass is 852 g/mol. The van der Waals surface area contributed by atoms with Gasteiger partial charge in [-0.2, -0.15) is 4.31 Å². The molecule has 5 atom stereocenters. The molecule has 4 rings (SSSR count). The first-order valence-corrected chi connectivity index (χ1v) is 21.3. The highest BCUT2D eigenvalue weighted by molar-refractivity contribution is 7.61. The third-order valence-electron chi connectivity index (χ3n) is 8.57. The number of hydrogen-bond acceptors (Lipinski definition) is 15. The van der Waals surface area contributed by atoms with Gasteiger partial charge in [-0.3, -0.25) is 37.5 Å². The number of phosphoric ester groups is 2. The molecule has 2 heterocycles. The minimum Gasteiger partial charge on any atom is -0.427 e. The lowest BCUT2D eigenvalue weighted by molar-refractivity contribution is -0.134. The standard InChI is InChI=1S/C36H47N5O14P2.H3N/c1-4-5-6-7-8-9-10-11-34(43)53-30-18-14-28(15-19-30)23-51-57(48,50-22-27-12-16-29(17-13-27)52-26(3)42)55-56(46,47)49-24-32-31(39-40-37)20-33(54-32)41-21-25(2)35(44)38-36(41)45;/h12-19,21,31-33H,4-11,20,22-24H2,1-3H3,(H,46,47)(H,38,44,45);1H3/t31-,32+,33+,57?;/m0./s1. The third-order valence-corrected chi connectivity index (χ3v) is 11.6. The van der Waals surface area contributed by atoms with Crippen LogP contribution in [-0.4, -0.2) is 45.1 Å². The van der Waals surface area contributed by atoms with Crippen LogP contribution in [-0.2, 0) is 54.6 Å². The Morgan fingerprint density at radius 2 is 1.50 bits per heavy atom. The van der Waals surface area contributed by atoms with Gasteiger partial charge in [-0.15, -0.1) is 0 Å². The van der Waals surface area contributed by atoms with E-state index in [1.165, 1.54) is 87.8 Å². The fourth-order valence-electron chi connectivity index (χ4n) is 5.62. The van der Waals surface area contributed by atoms with Gasteiger partial charge in [0, 0.05) is 36.4 Å². The molecule has 0 amide bonds. The molecule has 1 aliphatic heterocycles. The molecular weight excluding hydrogens is 802 g/mol. The number of nitrogens with zero attached hydrogens (tertiary/aromatic N) is 4. The van der Waals surface area contributed by atoms with Gasteiger partial charge in [-0.05, 0) is 54.3 Å². The molecule has 0 saturated carbocycles. The predicted octanol–water partition coefficient (Wildman–Crippen LogP) is 7.62. The molecule has 22 heteroatoms. The van der Waals surface area contributed by atoms with Crippen LogP contribution >= 0.6 is 15.6 Å². The zero-order chi connectivity index (χ0) is 41.4. The fraction of sp³-hybridized carbons (Fsp3) is 0.500. The maximum atomic E-state index is 13.9. The third kappa shape index (κ3) is 15.7. The Kier molecular flexibility index (Phi) is 19.2. The average Bonchev–Trinajstić information content (AvgIpc) is 3.56. The van der Waals surface area contributed by atoms with E-state index >= 15 is 0 Å². The Balaban J connectivity index is 0.00000900. The number of aromatic amines is 1. The van der Waals surface area contributed by atoms with E-state index in [2.05, 4.69) is 21.9 Å². The van der Waals surface area contributed by atoms with Crippen molar-refractivity contribution >= 4 is 27.6 Å². The second-order valence-corrected chi connectivity index (χ2v) is 16.4. The number of aryl methyl sites for hydroxylation is 1. The number of H-pyrrole nitrogens is 1. The molecular formula is C36H50N6O14P2. The molecule has 20 nitrogen and oxygen atoms in total. The molecule has 3 aromatic rings. The van der Waals surface area contributed by atoms with Crippen LogP contribution in [0.15, 0.2) is 69.4 Å². The van der Waals surface area contributed by atoms with Crippen LogP contribution < -0.4 is 26.9 Å². The van der Waals surface area contributed by atoms with Crippen molar-refractivity contribution in [1.82, 2.24) is 15.7 Å². The summed E-state index contributed by atoms with van der Waals surface area (Å²) in [6, 6.07) is 11.0. The van der Waals surface area contributed by atoms with Crippen LogP contribution in [0.1, 0.15) is 94.6 Å². The molecule has 1 aromatic heterocycles. The van der Waals surface area contributed by atoms with E-state index in [-0.39, 0.29) is 42.0 Å². The highest BCUT2D eigenvalue weighted by Gasteiger charge is 2.42. The van der Waals surface area contributed by atoms with Crippen molar-refractivity contribution in [3.63, 3.8) is 0 Å². The lowest BCUT2D eigenvalue weighted by Gasteiger charge is -2.22. The van der Waals surface area contributed by atoms with Gasteiger partial charge in [-0.25, -0.2) is 13.9 Å². The summed E-state index contributed by atoms with van der Waals surface area (Å²) >= 11 is 0. The number of nitrogens with one attached hydrogen (secondary N) is 1. The molecule has 2 unspecified atom stereocenters. The number of esters is 2. The molecule has 0 radical (unpaired) electrons. The predicted molar refractivity (Wildman–Crippen MR) is 209 cm³/mol. The van der Waals surface area contributed by atoms with Gasteiger partial charge in [-0.1, -0.05) is 74.8 Å². The van der Waals surface area contributed by atoms with Crippen LogP contribution in [0.25, 0.3) is 10.4 Å². The van der Waals surface area contributed by atoms with Crippen LogP contribution in [0.3, 0.4) is 0 Å². The summed E-state index contributed by atoms with van der Waals surface area (Å²) in [5.74, 6) is -0.395. The molecule has 1 fully saturated rings. The summed E-state index contributed by atoms with van der Waals surface area (Å²) in [7, 11) is -10.2. The summed E-state index contributed by atoms with van der Waals surface area (Å²) in [4.78, 5) is 63.5. The van der Waals surface area contributed by atoms with Gasteiger partial charge in [0.05, 0.1) is 32.0 Å². The Morgan fingerprint density at radius 3 is 2.07 bits per heavy atom. The normalized spacial score (nSPS) is 18.2. The molecule has 318 valence electrons. The summed E-state index contributed by atoms with van der Waals surface area (Å²) in [5, 5.41) is 3.64. The topological polar surface area (TPSA) is 292 Å². The first-order chi connectivity index (χ1) is 27.2. The van der Waals surface area contributed by atoms with Crippen LogP contribution in [0.4, 0.5) is 0 Å². The Morgan fingerprint density at radius 1 is 0.931 bits per heavy atom. The van der Waals surface area contributed by atoms with Crippen molar-refractivity contribution < 1.29 is 55.7 Å². The highest BCUT2D eigenvalue weighted by atomic mass is 31.3.